The maximum Gasteiger partial charge on any atom is 0.233 e. The highest BCUT2D eigenvalue weighted by atomic mass is 16.5. The lowest BCUT2D eigenvalue weighted by Crippen LogP contribution is -2.11. The SMILES string of the molecule is C=CC(=O)C(=O)c1cc(OC)c(O)c(OC)c1. The Bertz CT molecular complexity index is 451. The molecule has 1 N–H and O–H groups in total. The molecule has 0 atom stereocenters. The van der Waals surface area contributed by atoms with Gasteiger partial charge in [-0.05, 0) is 18.2 Å². The standard InChI is InChI=1S/C12H12O5/c1-4-8(13)11(14)7-5-9(16-2)12(15)10(6-7)17-3/h4-6,15H,1H2,2-3H3. The number of allylic oxidation sites excluding steroid dienone is 1. The van der Waals surface area contributed by atoms with Crippen LogP contribution in [0.25, 0.3) is 0 Å². The van der Waals surface area contributed by atoms with Gasteiger partial charge in [-0.25, -0.2) is 0 Å². The Morgan fingerprint density at radius 1 is 1.24 bits per heavy atom. The van der Waals surface area contributed by atoms with Gasteiger partial charge in [0.15, 0.2) is 11.5 Å². The second-order valence-electron chi connectivity index (χ2n) is 3.13. The van der Waals surface area contributed by atoms with Crippen molar-refractivity contribution in [1.29, 1.82) is 0 Å². The fourth-order valence-electron chi connectivity index (χ4n) is 1.26. The number of phenolic OH excluding ortho intramolecular Hbond substituents is 1. The Morgan fingerprint density at radius 2 is 1.71 bits per heavy atom. The first kappa shape index (κ1) is 12.8. The van der Waals surface area contributed by atoms with Crippen LogP contribution in [0.5, 0.6) is 17.2 Å². The molecule has 0 spiro atoms. The molecule has 0 unspecified atom stereocenters. The highest BCUT2D eigenvalue weighted by molar-refractivity contribution is 6.47. The van der Waals surface area contributed by atoms with Crippen LogP contribution in [0, 0.1) is 0 Å². The first-order chi connectivity index (χ1) is 8.04. The van der Waals surface area contributed by atoms with E-state index >= 15 is 0 Å². The van der Waals surface area contributed by atoms with E-state index in [0.717, 1.165) is 6.08 Å². The van der Waals surface area contributed by atoms with E-state index in [1.165, 1.54) is 26.4 Å². The molecule has 1 aromatic carbocycles. The smallest absolute Gasteiger partial charge is 0.233 e. The van der Waals surface area contributed by atoms with Gasteiger partial charge in [-0.2, -0.15) is 0 Å². The van der Waals surface area contributed by atoms with E-state index in [2.05, 4.69) is 6.58 Å². The number of rotatable bonds is 5. The summed E-state index contributed by atoms with van der Waals surface area (Å²) in [6.07, 6.45) is 0.925. The Labute approximate surface area is 98.3 Å². The van der Waals surface area contributed by atoms with Gasteiger partial charge in [0.1, 0.15) is 0 Å². The molecule has 0 saturated carbocycles. The molecule has 0 amide bonds. The van der Waals surface area contributed by atoms with Crippen molar-refractivity contribution in [3.05, 3.63) is 30.4 Å². The first-order valence-electron chi connectivity index (χ1n) is 4.71. The second kappa shape index (κ2) is 5.16. The van der Waals surface area contributed by atoms with Crippen LogP contribution in [0.15, 0.2) is 24.8 Å². The molecule has 0 aliphatic carbocycles. The third-order valence-corrected chi connectivity index (χ3v) is 2.15. The highest BCUT2D eigenvalue weighted by Crippen LogP contribution is 2.37. The number of hydrogen-bond donors (Lipinski definition) is 1. The Kier molecular flexibility index (Phi) is 3.87. The third-order valence-electron chi connectivity index (χ3n) is 2.15. The molecule has 0 fully saturated rings. The van der Waals surface area contributed by atoms with Gasteiger partial charge in [0.25, 0.3) is 0 Å². The van der Waals surface area contributed by atoms with E-state index in [9.17, 15) is 14.7 Å². The molecule has 0 aliphatic rings. The van der Waals surface area contributed by atoms with Crippen molar-refractivity contribution < 1.29 is 24.2 Å². The summed E-state index contributed by atoms with van der Waals surface area (Å²) in [4.78, 5) is 22.8. The summed E-state index contributed by atoms with van der Waals surface area (Å²) in [6.45, 7) is 3.23. The molecule has 5 heteroatoms. The molecule has 0 bridgehead atoms. The van der Waals surface area contributed by atoms with Crippen molar-refractivity contribution in [2.24, 2.45) is 0 Å². The summed E-state index contributed by atoms with van der Waals surface area (Å²) >= 11 is 0. The van der Waals surface area contributed by atoms with Gasteiger partial charge >= 0.3 is 0 Å². The van der Waals surface area contributed by atoms with E-state index in [0.29, 0.717) is 0 Å². The van der Waals surface area contributed by atoms with Crippen molar-refractivity contribution in [3.63, 3.8) is 0 Å². The maximum atomic E-state index is 11.6. The average molecular weight is 236 g/mol. The van der Waals surface area contributed by atoms with Crippen LogP contribution in [0.4, 0.5) is 0 Å². The van der Waals surface area contributed by atoms with Gasteiger partial charge in [0.2, 0.25) is 17.3 Å². The zero-order valence-electron chi connectivity index (χ0n) is 9.52. The van der Waals surface area contributed by atoms with E-state index in [1.807, 2.05) is 0 Å². The fraction of sp³-hybridized carbons (Fsp3) is 0.167. The zero-order valence-corrected chi connectivity index (χ0v) is 9.52. The Balaban J connectivity index is 3.31. The summed E-state index contributed by atoms with van der Waals surface area (Å²) in [5.41, 5.74) is 0.0707. The number of ether oxygens (including phenoxy) is 2. The van der Waals surface area contributed by atoms with Crippen LogP contribution in [0.1, 0.15) is 10.4 Å². The molecule has 0 heterocycles. The lowest BCUT2D eigenvalue weighted by molar-refractivity contribution is -0.110. The second-order valence-corrected chi connectivity index (χ2v) is 3.13. The van der Waals surface area contributed by atoms with Crippen molar-refractivity contribution in [2.45, 2.75) is 0 Å². The Hall–Kier alpha value is -2.30. The van der Waals surface area contributed by atoms with Crippen LogP contribution in [0.2, 0.25) is 0 Å². The minimum absolute atomic E-state index is 0.0598. The van der Waals surface area contributed by atoms with E-state index < -0.39 is 11.6 Å². The number of hydrogen-bond acceptors (Lipinski definition) is 5. The number of methoxy groups -OCH3 is 2. The van der Waals surface area contributed by atoms with Gasteiger partial charge in [0.05, 0.1) is 14.2 Å². The summed E-state index contributed by atoms with van der Waals surface area (Å²) in [5, 5.41) is 9.62. The molecule has 1 aromatic rings. The van der Waals surface area contributed by atoms with E-state index in [-0.39, 0.29) is 22.8 Å². The molecular formula is C12H12O5. The van der Waals surface area contributed by atoms with E-state index in [4.69, 9.17) is 9.47 Å². The normalized spacial score (nSPS) is 9.53. The van der Waals surface area contributed by atoms with Gasteiger partial charge in [-0.3, -0.25) is 9.59 Å². The maximum absolute atomic E-state index is 11.6. The summed E-state index contributed by atoms with van der Waals surface area (Å²) in [5.74, 6) is -1.58. The number of aromatic hydroxyl groups is 1. The lowest BCUT2D eigenvalue weighted by Gasteiger charge is -2.09. The van der Waals surface area contributed by atoms with E-state index in [1.54, 1.807) is 0 Å². The first-order valence-corrected chi connectivity index (χ1v) is 4.71. The summed E-state index contributed by atoms with van der Waals surface area (Å²) < 4.78 is 9.74. The van der Waals surface area contributed by atoms with Gasteiger partial charge < -0.3 is 14.6 Å². The van der Waals surface area contributed by atoms with Crippen molar-refractivity contribution >= 4 is 11.6 Å². The number of Topliss-reactive ketones (excluding diaryl/α,β-unsaturated/α-hetero) is 1. The van der Waals surface area contributed by atoms with Crippen molar-refractivity contribution in [2.75, 3.05) is 14.2 Å². The lowest BCUT2D eigenvalue weighted by atomic mass is 10.1. The van der Waals surface area contributed by atoms with Gasteiger partial charge in [-0.1, -0.05) is 6.58 Å². The molecule has 1 rings (SSSR count). The molecule has 0 aliphatic heterocycles. The number of ketones is 2. The molecule has 0 saturated heterocycles. The number of benzene rings is 1. The third kappa shape index (κ3) is 2.44. The number of carbonyl (C=O) groups is 2. The van der Waals surface area contributed by atoms with Crippen molar-refractivity contribution in [3.8, 4) is 17.2 Å². The Morgan fingerprint density at radius 3 is 2.06 bits per heavy atom. The van der Waals surface area contributed by atoms with Crippen LogP contribution >= 0.6 is 0 Å². The summed E-state index contributed by atoms with van der Waals surface area (Å²) in [7, 11) is 2.66. The topological polar surface area (TPSA) is 72.8 Å². The highest BCUT2D eigenvalue weighted by Gasteiger charge is 2.18. The molecule has 0 aromatic heterocycles. The van der Waals surface area contributed by atoms with Crippen LogP contribution in [-0.4, -0.2) is 30.9 Å². The fourth-order valence-corrected chi connectivity index (χ4v) is 1.26. The van der Waals surface area contributed by atoms with Crippen LogP contribution in [-0.2, 0) is 4.79 Å². The van der Waals surface area contributed by atoms with Crippen molar-refractivity contribution in [1.82, 2.24) is 0 Å². The van der Waals surface area contributed by atoms with Crippen LogP contribution in [0.3, 0.4) is 0 Å². The molecule has 5 nitrogen and oxygen atoms in total. The molecule has 0 radical (unpaired) electrons. The number of phenols is 1. The predicted octanol–water partition coefficient (Wildman–Crippen LogP) is 1.35. The predicted molar refractivity (Wildman–Crippen MR) is 60.7 cm³/mol. The monoisotopic (exact) mass is 236 g/mol. The molecular weight excluding hydrogens is 224 g/mol. The average Bonchev–Trinajstić information content (AvgIpc) is 2.37. The van der Waals surface area contributed by atoms with Gasteiger partial charge in [0, 0.05) is 5.56 Å². The largest absolute Gasteiger partial charge is 0.502 e. The molecule has 17 heavy (non-hydrogen) atoms. The zero-order chi connectivity index (χ0) is 13.0. The van der Waals surface area contributed by atoms with Crippen LogP contribution < -0.4 is 9.47 Å². The number of carbonyl (C=O) groups excluding carboxylic acids is 2. The minimum atomic E-state index is -0.739. The summed E-state index contributed by atoms with van der Waals surface area (Å²) in [6, 6.07) is 2.53. The minimum Gasteiger partial charge on any atom is -0.502 e. The molecule has 90 valence electrons. The quantitative estimate of drug-likeness (QED) is 0.474. The van der Waals surface area contributed by atoms with Gasteiger partial charge in [-0.15, -0.1) is 0 Å².